The number of rotatable bonds is 2. The van der Waals surface area contributed by atoms with Crippen LogP contribution in [-0.4, -0.2) is 10.8 Å². The smallest absolute Gasteiger partial charge is 0.297 e. The van der Waals surface area contributed by atoms with Gasteiger partial charge in [0.2, 0.25) is 0 Å². The minimum Gasteiger partial charge on any atom is -0.297 e. The molecule has 1 N–H and O–H groups in total. The van der Waals surface area contributed by atoms with E-state index in [1.807, 2.05) is 42.5 Å². The average Bonchev–Trinajstić information content (AvgIpc) is 2.95. The lowest BCUT2D eigenvalue weighted by molar-refractivity contribution is -0.137. The van der Waals surface area contributed by atoms with Gasteiger partial charge in [-0.05, 0) is 34.0 Å². The SMILES string of the molecule is N=C1SC(=Cc2cccc3ccccc23)C(=O)C1c1cccc(C(F)(F)F)c1. The summed E-state index contributed by atoms with van der Waals surface area (Å²) in [6.07, 6.45) is -2.77. The van der Waals surface area contributed by atoms with Crippen LogP contribution in [0, 0.1) is 5.41 Å². The van der Waals surface area contributed by atoms with Crippen molar-refractivity contribution in [1.29, 1.82) is 5.41 Å². The van der Waals surface area contributed by atoms with Crippen molar-refractivity contribution in [3.63, 3.8) is 0 Å². The largest absolute Gasteiger partial charge is 0.416 e. The predicted octanol–water partition coefficient (Wildman–Crippen LogP) is 6.28. The molecule has 3 aromatic rings. The van der Waals surface area contributed by atoms with Crippen molar-refractivity contribution in [2.45, 2.75) is 12.1 Å². The fourth-order valence-corrected chi connectivity index (χ4v) is 4.31. The van der Waals surface area contributed by atoms with Crippen LogP contribution in [0.25, 0.3) is 16.8 Å². The van der Waals surface area contributed by atoms with E-state index in [9.17, 15) is 18.0 Å². The number of ketones is 1. The number of thioether (sulfide) groups is 1. The van der Waals surface area contributed by atoms with Crippen molar-refractivity contribution in [1.82, 2.24) is 0 Å². The van der Waals surface area contributed by atoms with Crippen LogP contribution in [0.1, 0.15) is 22.6 Å². The highest BCUT2D eigenvalue weighted by atomic mass is 32.2. The number of allylic oxidation sites excluding steroid dienone is 1. The van der Waals surface area contributed by atoms with Crippen LogP contribution < -0.4 is 0 Å². The molecule has 0 amide bonds. The number of nitrogens with one attached hydrogen (secondary N) is 1. The molecule has 1 saturated heterocycles. The molecular weight excluding hydrogens is 383 g/mol. The van der Waals surface area contributed by atoms with Gasteiger partial charge in [-0.1, -0.05) is 72.4 Å². The number of alkyl halides is 3. The maximum Gasteiger partial charge on any atom is 0.416 e. The zero-order valence-corrected chi connectivity index (χ0v) is 15.3. The summed E-state index contributed by atoms with van der Waals surface area (Å²) in [5.74, 6) is -1.34. The summed E-state index contributed by atoms with van der Waals surface area (Å²) in [7, 11) is 0. The second-order valence-corrected chi connectivity index (χ2v) is 7.55. The van der Waals surface area contributed by atoms with Crippen molar-refractivity contribution in [2.75, 3.05) is 0 Å². The van der Waals surface area contributed by atoms with E-state index in [4.69, 9.17) is 5.41 Å². The first-order chi connectivity index (χ1) is 13.3. The molecule has 0 aromatic heterocycles. The highest BCUT2D eigenvalue weighted by Crippen LogP contribution is 2.42. The normalized spacial score (nSPS) is 19.0. The molecule has 28 heavy (non-hydrogen) atoms. The van der Waals surface area contributed by atoms with Crippen molar-refractivity contribution >= 4 is 39.4 Å². The fourth-order valence-electron chi connectivity index (χ4n) is 3.30. The molecule has 4 rings (SSSR count). The minimum atomic E-state index is -4.49. The lowest BCUT2D eigenvalue weighted by atomic mass is 9.93. The summed E-state index contributed by atoms with van der Waals surface area (Å²) in [5.41, 5.74) is 0.215. The number of Topliss-reactive ketones (excluding diaryl/α,β-unsaturated/α-hetero) is 1. The lowest BCUT2D eigenvalue weighted by Gasteiger charge is -2.12. The molecule has 1 aliphatic rings. The average molecular weight is 397 g/mol. The van der Waals surface area contributed by atoms with Crippen molar-refractivity contribution in [3.05, 3.63) is 88.3 Å². The van der Waals surface area contributed by atoms with Crippen LogP contribution in [0.2, 0.25) is 0 Å². The fraction of sp³-hybridized carbons (Fsp3) is 0.0909. The summed E-state index contributed by atoms with van der Waals surface area (Å²) in [6.45, 7) is 0. The summed E-state index contributed by atoms with van der Waals surface area (Å²) in [4.78, 5) is 13.3. The second kappa shape index (κ2) is 6.95. The Balaban J connectivity index is 1.73. The van der Waals surface area contributed by atoms with E-state index in [-0.39, 0.29) is 16.4 Å². The number of carbonyl (C=O) groups is 1. The summed E-state index contributed by atoms with van der Waals surface area (Å²) in [6, 6.07) is 18.1. The number of fused-ring (bicyclic) bond motifs is 1. The summed E-state index contributed by atoms with van der Waals surface area (Å²) in [5, 5.41) is 10.2. The summed E-state index contributed by atoms with van der Waals surface area (Å²) < 4.78 is 39.0. The molecule has 1 heterocycles. The van der Waals surface area contributed by atoms with Gasteiger partial charge in [0.15, 0.2) is 5.78 Å². The lowest BCUT2D eigenvalue weighted by Crippen LogP contribution is -2.13. The van der Waals surface area contributed by atoms with E-state index in [0.29, 0.717) is 4.91 Å². The number of halogens is 3. The van der Waals surface area contributed by atoms with E-state index < -0.39 is 17.7 Å². The van der Waals surface area contributed by atoms with Gasteiger partial charge in [-0.2, -0.15) is 13.2 Å². The molecule has 3 aromatic carbocycles. The number of carbonyl (C=O) groups excluding carboxylic acids is 1. The topological polar surface area (TPSA) is 40.9 Å². The zero-order valence-electron chi connectivity index (χ0n) is 14.5. The molecule has 0 radical (unpaired) electrons. The van der Waals surface area contributed by atoms with Crippen LogP contribution in [0.5, 0.6) is 0 Å². The Morgan fingerprint density at radius 1 is 0.964 bits per heavy atom. The molecule has 1 aliphatic heterocycles. The van der Waals surface area contributed by atoms with E-state index >= 15 is 0 Å². The second-order valence-electron chi connectivity index (χ2n) is 6.46. The maximum absolute atomic E-state index is 13.0. The third-order valence-corrected chi connectivity index (χ3v) is 5.64. The van der Waals surface area contributed by atoms with Crippen molar-refractivity contribution in [2.24, 2.45) is 0 Å². The van der Waals surface area contributed by atoms with Gasteiger partial charge in [0.05, 0.1) is 21.4 Å². The number of hydrogen-bond donors (Lipinski definition) is 1. The van der Waals surface area contributed by atoms with Crippen LogP contribution in [0.4, 0.5) is 13.2 Å². The molecule has 6 heteroatoms. The van der Waals surface area contributed by atoms with Gasteiger partial charge in [0.1, 0.15) is 0 Å². The van der Waals surface area contributed by atoms with E-state index in [2.05, 4.69) is 0 Å². The van der Waals surface area contributed by atoms with Crippen LogP contribution in [0.15, 0.2) is 71.6 Å². The third-order valence-electron chi connectivity index (χ3n) is 4.64. The Morgan fingerprint density at radius 2 is 1.68 bits per heavy atom. The Kier molecular flexibility index (Phi) is 4.59. The van der Waals surface area contributed by atoms with Gasteiger partial charge >= 0.3 is 6.18 Å². The van der Waals surface area contributed by atoms with E-state index in [1.54, 1.807) is 6.08 Å². The summed E-state index contributed by atoms with van der Waals surface area (Å²) >= 11 is 1.01. The molecule has 0 spiro atoms. The Labute approximate surface area is 163 Å². The first kappa shape index (κ1) is 18.5. The van der Waals surface area contributed by atoms with Gasteiger partial charge < -0.3 is 0 Å². The Bertz CT molecular complexity index is 1130. The van der Waals surface area contributed by atoms with E-state index in [1.165, 1.54) is 12.1 Å². The van der Waals surface area contributed by atoms with Gasteiger partial charge in [-0.3, -0.25) is 10.2 Å². The molecule has 0 saturated carbocycles. The monoisotopic (exact) mass is 397 g/mol. The standard InChI is InChI=1S/C22H14F3NOS/c23-22(24,25)16-9-4-8-15(11-16)19-20(27)18(28-21(19)26)12-14-7-3-6-13-5-1-2-10-17(13)14/h1-12,19,26H. The quantitative estimate of drug-likeness (QED) is 0.517. The highest BCUT2D eigenvalue weighted by Gasteiger charge is 2.38. The van der Waals surface area contributed by atoms with Crippen LogP contribution in [-0.2, 0) is 11.0 Å². The zero-order chi connectivity index (χ0) is 19.9. The third kappa shape index (κ3) is 3.36. The van der Waals surface area contributed by atoms with Gasteiger partial charge in [0.25, 0.3) is 0 Å². The van der Waals surface area contributed by atoms with Crippen molar-refractivity contribution < 1.29 is 18.0 Å². The first-order valence-electron chi connectivity index (χ1n) is 8.52. The van der Waals surface area contributed by atoms with Gasteiger partial charge in [-0.25, -0.2) is 0 Å². The predicted molar refractivity (Wildman–Crippen MR) is 106 cm³/mol. The van der Waals surface area contributed by atoms with Gasteiger partial charge in [-0.15, -0.1) is 0 Å². The van der Waals surface area contributed by atoms with Crippen LogP contribution >= 0.6 is 11.8 Å². The molecular formula is C22H14F3NOS. The highest BCUT2D eigenvalue weighted by molar-refractivity contribution is 8.19. The number of hydrogen-bond acceptors (Lipinski definition) is 3. The molecule has 1 fully saturated rings. The number of benzene rings is 3. The molecule has 2 nitrogen and oxygen atoms in total. The molecule has 0 aliphatic carbocycles. The maximum atomic E-state index is 13.0. The van der Waals surface area contributed by atoms with Crippen molar-refractivity contribution in [3.8, 4) is 0 Å². The first-order valence-corrected chi connectivity index (χ1v) is 9.33. The molecule has 1 atom stereocenters. The Morgan fingerprint density at radius 3 is 2.46 bits per heavy atom. The molecule has 140 valence electrons. The molecule has 1 unspecified atom stereocenters. The minimum absolute atomic E-state index is 0.0378. The Hall–Kier alpha value is -2.86. The van der Waals surface area contributed by atoms with E-state index in [0.717, 1.165) is 40.2 Å². The molecule has 0 bridgehead atoms. The van der Waals surface area contributed by atoms with Crippen LogP contribution in [0.3, 0.4) is 0 Å². The van der Waals surface area contributed by atoms with Gasteiger partial charge in [0, 0.05) is 0 Å².